The van der Waals surface area contributed by atoms with Gasteiger partial charge in [0.2, 0.25) is 10.0 Å². The smallest absolute Gasteiger partial charge is 0.214 e. The first-order valence-electron chi connectivity index (χ1n) is 5.52. The monoisotopic (exact) mass is 235 g/mol. The van der Waals surface area contributed by atoms with E-state index in [-0.39, 0.29) is 11.9 Å². The minimum atomic E-state index is -3.05. The zero-order chi connectivity index (χ0) is 11.5. The van der Waals surface area contributed by atoms with Crippen LogP contribution in [0.4, 0.5) is 0 Å². The molecule has 1 heterocycles. The molecule has 0 saturated carbocycles. The van der Waals surface area contributed by atoms with Crippen molar-refractivity contribution in [3.8, 4) is 0 Å². The maximum atomic E-state index is 11.8. The fourth-order valence-electron chi connectivity index (χ4n) is 1.95. The normalized spacial score (nSPS) is 29.3. The molecule has 0 amide bonds. The Balaban J connectivity index is 2.66. The lowest BCUT2D eigenvalue weighted by atomic mass is 9.97. The third kappa shape index (κ3) is 3.16. The first-order valence-corrected chi connectivity index (χ1v) is 7.12. The van der Waals surface area contributed by atoms with Gasteiger partial charge in [-0.3, -0.25) is 0 Å². The van der Waals surface area contributed by atoms with E-state index in [1.54, 1.807) is 11.4 Å². The molecule has 1 saturated heterocycles. The molecule has 0 N–H and O–H groups in total. The second-order valence-corrected chi connectivity index (χ2v) is 6.30. The Morgan fingerprint density at radius 1 is 1.47 bits per heavy atom. The molecular weight excluding hydrogens is 214 g/mol. The van der Waals surface area contributed by atoms with Crippen molar-refractivity contribution in [3.05, 3.63) is 0 Å². The van der Waals surface area contributed by atoms with Gasteiger partial charge >= 0.3 is 0 Å². The number of methoxy groups -OCH3 is 1. The van der Waals surface area contributed by atoms with Gasteiger partial charge in [0.05, 0.1) is 11.9 Å². The molecule has 0 aromatic carbocycles. The van der Waals surface area contributed by atoms with E-state index < -0.39 is 10.0 Å². The molecule has 15 heavy (non-hydrogen) atoms. The highest BCUT2D eigenvalue weighted by molar-refractivity contribution is 7.89. The SMILES string of the molecule is CCCS(=O)(=O)N1CCC(C)C(OC)C1. The van der Waals surface area contributed by atoms with Gasteiger partial charge in [0.1, 0.15) is 0 Å². The average Bonchev–Trinajstić information content (AvgIpc) is 2.18. The zero-order valence-corrected chi connectivity index (χ0v) is 10.6. The number of rotatable bonds is 4. The zero-order valence-electron chi connectivity index (χ0n) is 9.77. The summed E-state index contributed by atoms with van der Waals surface area (Å²) in [4.78, 5) is 0. The maximum Gasteiger partial charge on any atom is 0.214 e. The molecule has 0 aromatic rings. The topological polar surface area (TPSA) is 46.6 Å². The summed E-state index contributed by atoms with van der Waals surface area (Å²) in [5.74, 6) is 0.695. The van der Waals surface area contributed by atoms with E-state index in [2.05, 4.69) is 6.92 Å². The molecule has 90 valence electrons. The fraction of sp³-hybridized carbons (Fsp3) is 1.00. The highest BCUT2D eigenvalue weighted by Crippen LogP contribution is 2.21. The largest absolute Gasteiger partial charge is 0.380 e. The van der Waals surface area contributed by atoms with E-state index in [0.29, 0.717) is 25.4 Å². The van der Waals surface area contributed by atoms with Crippen LogP contribution in [0.15, 0.2) is 0 Å². The van der Waals surface area contributed by atoms with Crippen LogP contribution < -0.4 is 0 Å². The minimum absolute atomic E-state index is 0.0466. The first-order chi connectivity index (χ1) is 7.01. The maximum absolute atomic E-state index is 11.8. The first kappa shape index (κ1) is 12.9. The summed E-state index contributed by atoms with van der Waals surface area (Å²) in [6, 6.07) is 0. The van der Waals surface area contributed by atoms with Crippen LogP contribution in [0.2, 0.25) is 0 Å². The fourth-order valence-corrected chi connectivity index (χ4v) is 3.48. The van der Waals surface area contributed by atoms with Crippen molar-refractivity contribution in [1.29, 1.82) is 0 Å². The summed E-state index contributed by atoms with van der Waals surface area (Å²) in [6.07, 6.45) is 1.61. The third-order valence-corrected chi connectivity index (χ3v) is 5.05. The van der Waals surface area contributed by atoms with Crippen LogP contribution in [0.25, 0.3) is 0 Å². The van der Waals surface area contributed by atoms with Gasteiger partial charge in [-0.25, -0.2) is 8.42 Å². The van der Waals surface area contributed by atoms with Gasteiger partial charge in [-0.1, -0.05) is 13.8 Å². The number of ether oxygens (including phenoxy) is 1. The molecule has 4 nitrogen and oxygen atoms in total. The molecular formula is C10H21NO3S. The molecule has 5 heteroatoms. The quantitative estimate of drug-likeness (QED) is 0.732. The van der Waals surface area contributed by atoms with Gasteiger partial charge in [-0.2, -0.15) is 4.31 Å². The summed E-state index contributed by atoms with van der Waals surface area (Å²) >= 11 is 0. The second-order valence-electron chi connectivity index (χ2n) is 4.21. The molecule has 0 bridgehead atoms. The molecule has 0 radical (unpaired) electrons. The standard InChI is InChI=1S/C10H21NO3S/c1-4-7-15(12,13)11-6-5-9(2)10(8-11)14-3/h9-10H,4-8H2,1-3H3. The van der Waals surface area contributed by atoms with Crippen molar-refractivity contribution in [2.24, 2.45) is 5.92 Å². The van der Waals surface area contributed by atoms with Crippen molar-refractivity contribution in [2.45, 2.75) is 32.8 Å². The van der Waals surface area contributed by atoms with Crippen molar-refractivity contribution in [2.75, 3.05) is 26.0 Å². The Bertz CT molecular complexity index is 289. The van der Waals surface area contributed by atoms with E-state index in [9.17, 15) is 8.42 Å². The number of hydrogen-bond acceptors (Lipinski definition) is 3. The molecule has 0 aliphatic carbocycles. The summed E-state index contributed by atoms with van der Waals surface area (Å²) < 4.78 is 30.5. The molecule has 1 aliphatic rings. The van der Waals surface area contributed by atoms with Crippen molar-refractivity contribution >= 4 is 10.0 Å². The predicted octanol–water partition coefficient (Wildman–Crippen LogP) is 1.08. The van der Waals surface area contributed by atoms with Gasteiger partial charge in [-0.05, 0) is 18.8 Å². The van der Waals surface area contributed by atoms with Crippen LogP contribution in [0.1, 0.15) is 26.7 Å². The van der Waals surface area contributed by atoms with Gasteiger partial charge in [0, 0.05) is 20.2 Å². The number of piperidine rings is 1. The van der Waals surface area contributed by atoms with Crippen LogP contribution in [0.3, 0.4) is 0 Å². The van der Waals surface area contributed by atoms with Crippen molar-refractivity contribution in [1.82, 2.24) is 4.31 Å². The van der Waals surface area contributed by atoms with E-state index in [0.717, 1.165) is 6.42 Å². The lowest BCUT2D eigenvalue weighted by molar-refractivity contribution is 0.0184. The van der Waals surface area contributed by atoms with Crippen LogP contribution in [0.5, 0.6) is 0 Å². The number of hydrogen-bond donors (Lipinski definition) is 0. The van der Waals surface area contributed by atoms with Crippen molar-refractivity contribution < 1.29 is 13.2 Å². The molecule has 1 rings (SSSR count). The molecule has 1 aliphatic heterocycles. The Labute approximate surface area is 92.7 Å². The Morgan fingerprint density at radius 2 is 2.13 bits per heavy atom. The van der Waals surface area contributed by atoms with Crippen LogP contribution in [0, 0.1) is 5.92 Å². The summed E-state index contributed by atoms with van der Waals surface area (Å²) in [6.45, 7) is 5.15. The summed E-state index contributed by atoms with van der Waals surface area (Å²) in [5, 5.41) is 0. The molecule has 0 spiro atoms. The third-order valence-electron chi connectivity index (χ3n) is 3.01. The average molecular weight is 235 g/mol. The Morgan fingerprint density at radius 3 is 2.67 bits per heavy atom. The van der Waals surface area contributed by atoms with E-state index in [1.807, 2.05) is 6.92 Å². The van der Waals surface area contributed by atoms with Gasteiger partial charge in [-0.15, -0.1) is 0 Å². The summed E-state index contributed by atoms with van der Waals surface area (Å²) in [5.41, 5.74) is 0. The second kappa shape index (κ2) is 5.27. The highest BCUT2D eigenvalue weighted by atomic mass is 32.2. The van der Waals surface area contributed by atoms with E-state index in [4.69, 9.17) is 4.74 Å². The lowest BCUT2D eigenvalue weighted by Gasteiger charge is -2.35. The van der Waals surface area contributed by atoms with Gasteiger partial charge in [0.15, 0.2) is 0 Å². The van der Waals surface area contributed by atoms with Crippen LogP contribution in [-0.2, 0) is 14.8 Å². The van der Waals surface area contributed by atoms with Gasteiger partial charge < -0.3 is 4.74 Å². The molecule has 2 unspecified atom stereocenters. The predicted molar refractivity (Wildman–Crippen MR) is 60.2 cm³/mol. The minimum Gasteiger partial charge on any atom is -0.380 e. The van der Waals surface area contributed by atoms with E-state index in [1.165, 1.54) is 0 Å². The van der Waals surface area contributed by atoms with E-state index >= 15 is 0 Å². The number of sulfonamides is 1. The van der Waals surface area contributed by atoms with Crippen LogP contribution in [-0.4, -0.2) is 44.8 Å². The molecule has 0 aromatic heterocycles. The van der Waals surface area contributed by atoms with Gasteiger partial charge in [0.25, 0.3) is 0 Å². The molecule has 1 fully saturated rings. The molecule has 2 atom stereocenters. The van der Waals surface area contributed by atoms with Crippen molar-refractivity contribution in [3.63, 3.8) is 0 Å². The van der Waals surface area contributed by atoms with Crippen LogP contribution >= 0.6 is 0 Å². The lowest BCUT2D eigenvalue weighted by Crippen LogP contribution is -2.47. The summed E-state index contributed by atoms with van der Waals surface area (Å²) in [7, 11) is -1.40. The highest BCUT2D eigenvalue weighted by Gasteiger charge is 2.32. The Hall–Kier alpha value is -0.130. The Kier molecular flexibility index (Phi) is 4.55. The number of nitrogens with zero attached hydrogens (tertiary/aromatic N) is 1.